The number of hydrogen-bond donors (Lipinski definition) is 1. The van der Waals surface area contributed by atoms with E-state index in [2.05, 4.69) is 10.1 Å². The Bertz CT molecular complexity index is 3460. The molecule has 0 bridgehead atoms. The molecule has 9 rings (SSSR count). The Labute approximate surface area is 446 Å². The molecule has 18 heteroatoms. The molecule has 0 saturated carbocycles. The number of aromatic nitrogens is 5. The van der Waals surface area contributed by atoms with Crippen LogP contribution in [0.1, 0.15) is 80.8 Å². The molecule has 0 aliphatic rings. The average molecular weight is 1070 g/mol. The van der Waals surface area contributed by atoms with Gasteiger partial charge in [0, 0.05) is 72.5 Å². The number of carbonyl (C=O) groups excluding carboxylic acids is 5. The summed E-state index contributed by atoms with van der Waals surface area (Å²) in [7, 11) is 4.64. The Morgan fingerprint density at radius 2 is 1.08 bits per heavy atom. The van der Waals surface area contributed by atoms with Crippen molar-refractivity contribution in [3.63, 3.8) is 0 Å². The van der Waals surface area contributed by atoms with Gasteiger partial charge in [0.1, 0.15) is 23.1 Å². The fourth-order valence-corrected chi connectivity index (χ4v) is 8.78. The van der Waals surface area contributed by atoms with E-state index in [0.29, 0.717) is 94.4 Å². The summed E-state index contributed by atoms with van der Waals surface area (Å²) in [5, 5.41) is 16.9. The highest BCUT2D eigenvalue weighted by Gasteiger charge is 2.25. The zero-order valence-corrected chi connectivity index (χ0v) is 43.9. The molecule has 1 N–H and O–H groups in total. The quantitative estimate of drug-likeness (QED) is 0.109. The van der Waals surface area contributed by atoms with Crippen LogP contribution in [0.2, 0.25) is 15.1 Å². The Morgan fingerprint density at radius 3 is 1.59 bits per heavy atom. The summed E-state index contributed by atoms with van der Waals surface area (Å²) in [6.45, 7) is 5.00. The van der Waals surface area contributed by atoms with E-state index in [1.54, 1.807) is 146 Å². The van der Waals surface area contributed by atoms with Crippen molar-refractivity contribution >= 4 is 103 Å². The van der Waals surface area contributed by atoms with Crippen molar-refractivity contribution in [3.8, 4) is 17.4 Å². The standard InChI is InChI=1S/C21H20ClNO4.2C18H15ClN2O3/c1-3-4-18-17(12-20(24)25)16-11-15(27-2)9-10-19(16)23(18)21(26)13-5-7-14(22)8-6-13;1-11(22)9-13-10-21(15-7-8-16(24-2)20-17(13)15)18(23)12-3-5-14(19)6-4-12;1-11(22)9-16-15-10-14(24-2)7-8-17(15)21(20-16)18(23)12-3-5-13(19)6-4-12/h5-11H,3-4,12H2,1-2H3,(H,24,25);2*3-8,10H,9H2,1-2H3. The summed E-state index contributed by atoms with van der Waals surface area (Å²) in [4.78, 5) is 77.7. The first-order valence-corrected chi connectivity index (χ1v) is 24.5. The number of carbonyl (C=O) groups is 6. The molecular formula is C57H50Cl3N5O10. The number of benzene rings is 5. The number of ether oxygens (including phenoxy) is 3. The number of halogens is 3. The number of hydrogen-bond acceptors (Lipinski definition) is 11. The summed E-state index contributed by atoms with van der Waals surface area (Å²) in [6, 6.07) is 34.0. The number of nitrogens with zero attached hydrogens (tertiary/aromatic N) is 5. The lowest BCUT2D eigenvalue weighted by Crippen LogP contribution is -2.16. The summed E-state index contributed by atoms with van der Waals surface area (Å²) in [5.41, 5.74) is 6.62. The van der Waals surface area contributed by atoms with Crippen molar-refractivity contribution in [2.24, 2.45) is 0 Å². The number of Topliss-reactive ketones (excluding diaryl/α,β-unsaturated/α-hetero) is 2. The molecule has 9 aromatic rings. The largest absolute Gasteiger partial charge is 0.497 e. The molecular weight excluding hydrogens is 1020 g/mol. The monoisotopic (exact) mass is 1070 g/mol. The van der Waals surface area contributed by atoms with Gasteiger partial charge in [-0.25, -0.2) is 4.98 Å². The van der Waals surface area contributed by atoms with E-state index in [1.807, 2.05) is 6.92 Å². The van der Waals surface area contributed by atoms with E-state index >= 15 is 0 Å². The summed E-state index contributed by atoms with van der Waals surface area (Å²) in [6.07, 6.45) is 3.25. The molecule has 0 fully saturated rings. The van der Waals surface area contributed by atoms with Crippen molar-refractivity contribution in [2.75, 3.05) is 21.3 Å². The Kier molecular flexibility index (Phi) is 17.7. The molecule has 0 saturated heterocycles. The molecule has 4 heterocycles. The summed E-state index contributed by atoms with van der Waals surface area (Å²) in [5.74, 6) is 0.0362. The molecule has 0 unspecified atom stereocenters. The smallest absolute Gasteiger partial charge is 0.307 e. The number of carboxylic acid groups (broad SMARTS) is 1. The molecule has 384 valence electrons. The van der Waals surface area contributed by atoms with Gasteiger partial charge in [-0.05, 0) is 141 Å². The lowest BCUT2D eigenvalue weighted by molar-refractivity contribution is -0.136. The number of pyridine rings is 1. The van der Waals surface area contributed by atoms with Crippen molar-refractivity contribution in [1.82, 2.24) is 23.9 Å². The third-order valence-electron chi connectivity index (χ3n) is 11.8. The Hall–Kier alpha value is -8.11. The first-order chi connectivity index (χ1) is 35.9. The van der Waals surface area contributed by atoms with E-state index in [1.165, 1.54) is 30.2 Å². The topological polar surface area (TPSA) is 191 Å². The van der Waals surface area contributed by atoms with Gasteiger partial charge in [0.05, 0.1) is 61.9 Å². The summed E-state index contributed by atoms with van der Waals surface area (Å²) < 4.78 is 20.1. The van der Waals surface area contributed by atoms with Crippen LogP contribution >= 0.6 is 34.8 Å². The zero-order valence-electron chi connectivity index (χ0n) is 41.7. The van der Waals surface area contributed by atoms with Crippen molar-refractivity contribution in [1.29, 1.82) is 0 Å². The summed E-state index contributed by atoms with van der Waals surface area (Å²) >= 11 is 17.7. The van der Waals surface area contributed by atoms with Crippen LogP contribution in [-0.4, -0.2) is 85.6 Å². The van der Waals surface area contributed by atoms with Gasteiger partial charge in [-0.3, -0.25) is 37.9 Å². The van der Waals surface area contributed by atoms with Crippen LogP contribution in [-0.2, 0) is 40.1 Å². The Morgan fingerprint density at radius 1 is 0.573 bits per heavy atom. The maximum atomic E-state index is 13.3. The minimum atomic E-state index is -0.937. The van der Waals surface area contributed by atoms with Crippen molar-refractivity contribution < 1.29 is 48.1 Å². The van der Waals surface area contributed by atoms with Crippen molar-refractivity contribution in [2.45, 2.75) is 52.9 Å². The lowest BCUT2D eigenvalue weighted by Gasteiger charge is -2.10. The lowest BCUT2D eigenvalue weighted by atomic mass is 10.0. The van der Waals surface area contributed by atoms with Crippen LogP contribution in [0.4, 0.5) is 0 Å². The van der Waals surface area contributed by atoms with E-state index in [4.69, 9.17) is 49.0 Å². The molecule has 0 spiro atoms. The van der Waals surface area contributed by atoms with E-state index in [9.17, 15) is 33.9 Å². The van der Waals surface area contributed by atoms with Gasteiger partial charge in [-0.2, -0.15) is 9.78 Å². The molecule has 75 heavy (non-hydrogen) atoms. The van der Waals surface area contributed by atoms with E-state index in [-0.39, 0.29) is 48.6 Å². The highest BCUT2D eigenvalue weighted by atomic mass is 35.5. The highest BCUT2D eigenvalue weighted by Crippen LogP contribution is 2.33. The highest BCUT2D eigenvalue weighted by molar-refractivity contribution is 6.31. The number of methoxy groups -OCH3 is 3. The fourth-order valence-electron chi connectivity index (χ4n) is 8.40. The van der Waals surface area contributed by atoms with Crippen LogP contribution in [0.5, 0.6) is 17.4 Å². The first kappa shape index (κ1) is 54.7. The minimum Gasteiger partial charge on any atom is -0.497 e. The first-order valence-electron chi connectivity index (χ1n) is 23.4. The number of ketones is 2. The SMILES string of the molecule is CCCc1c(CC(=O)O)c2cc(OC)ccc2n1C(=O)c1ccc(Cl)cc1.COc1ccc2c(c1)c(CC(C)=O)nn2C(=O)c1ccc(Cl)cc1.COc1ccc2c(n1)c(CC(C)=O)cn2C(=O)c1ccc(Cl)cc1. The second kappa shape index (κ2) is 24.3. The van der Waals surface area contributed by atoms with Gasteiger partial charge in [0.25, 0.3) is 17.7 Å². The second-order valence-electron chi connectivity index (χ2n) is 17.1. The normalized spacial score (nSPS) is 10.8. The maximum absolute atomic E-state index is 13.3. The van der Waals surface area contributed by atoms with Gasteiger partial charge < -0.3 is 19.3 Å². The molecule has 0 atom stereocenters. The number of rotatable bonds is 14. The van der Waals surface area contributed by atoms with E-state index < -0.39 is 5.97 Å². The zero-order chi connectivity index (χ0) is 54.1. The third-order valence-corrected chi connectivity index (χ3v) is 12.6. The van der Waals surface area contributed by atoms with Crippen LogP contribution in [0.25, 0.3) is 32.8 Å². The molecule has 5 aromatic carbocycles. The molecule has 0 radical (unpaired) electrons. The van der Waals surface area contributed by atoms with Gasteiger partial charge in [0.2, 0.25) is 5.88 Å². The number of aliphatic carboxylic acids is 1. The van der Waals surface area contributed by atoms with Gasteiger partial charge >= 0.3 is 5.97 Å². The van der Waals surface area contributed by atoms with Crippen LogP contribution in [0.15, 0.2) is 128 Å². The van der Waals surface area contributed by atoms with Gasteiger partial charge in [-0.1, -0.05) is 48.1 Å². The van der Waals surface area contributed by atoms with E-state index in [0.717, 1.165) is 22.9 Å². The predicted octanol–water partition coefficient (Wildman–Crippen LogP) is 11.6. The van der Waals surface area contributed by atoms with Crippen LogP contribution in [0.3, 0.4) is 0 Å². The number of carboxylic acids is 1. The molecule has 0 amide bonds. The predicted molar refractivity (Wildman–Crippen MR) is 289 cm³/mol. The maximum Gasteiger partial charge on any atom is 0.307 e. The fraction of sp³-hybridized carbons (Fsp3) is 0.193. The molecule has 4 aromatic heterocycles. The third kappa shape index (κ3) is 12.6. The van der Waals surface area contributed by atoms with Crippen LogP contribution in [0, 0.1) is 0 Å². The average Bonchev–Trinajstić information content (AvgIpc) is 4.04. The van der Waals surface area contributed by atoms with Gasteiger partial charge in [0.15, 0.2) is 0 Å². The minimum absolute atomic E-state index is 0.00221. The van der Waals surface area contributed by atoms with Crippen molar-refractivity contribution in [3.05, 3.63) is 182 Å². The molecule has 0 aliphatic carbocycles. The second-order valence-corrected chi connectivity index (χ2v) is 18.5. The molecule has 15 nitrogen and oxygen atoms in total. The van der Waals surface area contributed by atoms with Gasteiger partial charge in [-0.15, -0.1) is 0 Å². The number of fused-ring (bicyclic) bond motifs is 3. The molecule has 0 aliphatic heterocycles. The van der Waals surface area contributed by atoms with Crippen LogP contribution < -0.4 is 14.2 Å². The Balaban J connectivity index is 0.000000164.